The van der Waals surface area contributed by atoms with E-state index in [1.807, 2.05) is 0 Å². The van der Waals surface area contributed by atoms with E-state index >= 15 is 0 Å². The molecule has 0 aliphatic rings. The van der Waals surface area contributed by atoms with Gasteiger partial charge in [0.25, 0.3) is 0 Å². The second-order valence-electron chi connectivity index (χ2n) is 5.80. The van der Waals surface area contributed by atoms with Crippen molar-refractivity contribution < 1.29 is 0 Å². The first-order chi connectivity index (χ1) is 8.63. The summed E-state index contributed by atoms with van der Waals surface area (Å²) in [5.74, 6) is 0. The van der Waals surface area contributed by atoms with Crippen LogP contribution in [0.1, 0.15) is 40.0 Å². The molecular weight excluding hydrogens is 323 g/mol. The van der Waals surface area contributed by atoms with Crippen LogP contribution in [0.3, 0.4) is 0 Å². The first-order valence-corrected chi connectivity index (χ1v) is 15.0. The Morgan fingerprint density at radius 2 is 1.44 bits per heavy atom. The molecule has 0 N–H and O–H groups in total. The Hall–Kier alpha value is 0.790. The molecule has 0 bridgehead atoms. The maximum atomic E-state index is 2.62. The van der Waals surface area contributed by atoms with E-state index in [2.05, 4.69) is 44.7 Å². The standard InChI is InChI=1S/C8H18N.C5H12N.C2H5.In/c1-4-7-9(6-3)8-5-2;1-4-5-6(2)3;1-2;/h1,4-8H2,2-3H3;1,4-5H2,2-3H3;1H2,2H3;. The van der Waals surface area contributed by atoms with Crippen LogP contribution in [0, 0.1) is 0 Å². The topological polar surface area (TPSA) is 6.48 Å². The van der Waals surface area contributed by atoms with Crippen LogP contribution in [0.25, 0.3) is 0 Å². The fraction of sp³-hybridized carbons (Fsp3) is 1.00. The number of hydrogen-bond donors (Lipinski definition) is 0. The quantitative estimate of drug-likeness (QED) is 0.526. The van der Waals surface area contributed by atoms with Crippen molar-refractivity contribution in [3.63, 3.8) is 0 Å². The summed E-state index contributed by atoms with van der Waals surface area (Å²) < 4.78 is 4.82. The summed E-state index contributed by atoms with van der Waals surface area (Å²) in [7, 11) is 4.39. The van der Waals surface area contributed by atoms with E-state index in [-0.39, 0.29) is 0 Å². The summed E-state index contributed by atoms with van der Waals surface area (Å²) in [5, 5.41) is 0. The molecule has 0 saturated carbocycles. The minimum atomic E-state index is -1.11. The van der Waals surface area contributed by atoms with Gasteiger partial charge < -0.3 is 0 Å². The molecule has 0 heterocycles. The average Bonchev–Trinajstić information content (AvgIpc) is 2.35. The van der Waals surface area contributed by atoms with Crippen LogP contribution in [-0.2, 0) is 0 Å². The molecule has 0 atom stereocenters. The molecule has 0 aromatic heterocycles. The molecule has 0 saturated heterocycles. The van der Waals surface area contributed by atoms with Crippen LogP contribution in [0.15, 0.2) is 0 Å². The summed E-state index contributed by atoms with van der Waals surface area (Å²) >= 11 is -1.11. The zero-order chi connectivity index (χ0) is 13.8. The summed E-state index contributed by atoms with van der Waals surface area (Å²) in [5.41, 5.74) is 0. The van der Waals surface area contributed by atoms with Gasteiger partial charge in [0.05, 0.1) is 0 Å². The Balaban J connectivity index is 3.65. The minimum absolute atomic E-state index is 1.11. The first-order valence-electron chi connectivity index (χ1n) is 8.01. The van der Waals surface area contributed by atoms with Crippen molar-refractivity contribution in [3.05, 3.63) is 0 Å². The van der Waals surface area contributed by atoms with Crippen molar-refractivity contribution in [2.75, 3.05) is 40.3 Å². The molecule has 3 heteroatoms. The Labute approximate surface area is 124 Å². The van der Waals surface area contributed by atoms with Gasteiger partial charge in [-0.25, -0.2) is 0 Å². The summed E-state index contributed by atoms with van der Waals surface area (Å²) in [6.07, 6.45) is 4.23. The van der Waals surface area contributed by atoms with Gasteiger partial charge in [0.1, 0.15) is 0 Å². The summed E-state index contributed by atoms with van der Waals surface area (Å²) in [6, 6.07) is 0. The molecule has 0 amide bonds. The maximum absolute atomic E-state index is 2.62. The predicted molar refractivity (Wildman–Crippen MR) is 86.0 cm³/mol. The van der Waals surface area contributed by atoms with Crippen LogP contribution >= 0.6 is 0 Å². The van der Waals surface area contributed by atoms with E-state index in [0.29, 0.717) is 0 Å². The van der Waals surface area contributed by atoms with Crippen molar-refractivity contribution in [2.24, 2.45) is 0 Å². The van der Waals surface area contributed by atoms with Crippen LogP contribution in [0.4, 0.5) is 0 Å². The van der Waals surface area contributed by atoms with Crippen molar-refractivity contribution in [1.82, 2.24) is 9.80 Å². The van der Waals surface area contributed by atoms with Gasteiger partial charge >= 0.3 is 124 Å². The SMILES string of the molecule is CCCN(CC)CC[CH2][In]([CH2]C)[CH2]CCN(C)C. The van der Waals surface area contributed by atoms with Crippen molar-refractivity contribution in [1.29, 1.82) is 0 Å². The van der Waals surface area contributed by atoms with Crippen molar-refractivity contribution in [3.8, 4) is 0 Å². The van der Waals surface area contributed by atoms with Gasteiger partial charge in [-0.15, -0.1) is 0 Å². The van der Waals surface area contributed by atoms with Crippen molar-refractivity contribution in [2.45, 2.75) is 52.6 Å². The second-order valence-corrected chi connectivity index (χ2v) is 16.4. The van der Waals surface area contributed by atoms with E-state index in [1.54, 1.807) is 12.5 Å². The van der Waals surface area contributed by atoms with E-state index in [1.165, 1.54) is 45.4 Å². The molecule has 0 radical (unpaired) electrons. The zero-order valence-electron chi connectivity index (χ0n) is 13.5. The molecule has 0 unspecified atom stereocenters. The molecule has 0 spiro atoms. The van der Waals surface area contributed by atoms with Gasteiger partial charge in [0, 0.05) is 0 Å². The Bertz CT molecular complexity index is 174. The van der Waals surface area contributed by atoms with E-state index in [9.17, 15) is 0 Å². The normalized spacial score (nSPS) is 11.5. The molecule has 0 aliphatic heterocycles. The Morgan fingerprint density at radius 3 is 1.89 bits per heavy atom. The number of rotatable bonds is 12. The van der Waals surface area contributed by atoms with E-state index < -0.39 is 21.4 Å². The first kappa shape index (κ1) is 18.8. The number of hydrogen-bond acceptors (Lipinski definition) is 2. The van der Waals surface area contributed by atoms with Crippen LogP contribution in [-0.4, -0.2) is 71.5 Å². The van der Waals surface area contributed by atoms with Crippen LogP contribution in [0.5, 0.6) is 0 Å². The zero-order valence-corrected chi connectivity index (χ0v) is 16.8. The monoisotopic (exact) mass is 358 g/mol. The molecule has 108 valence electrons. The van der Waals surface area contributed by atoms with Gasteiger partial charge in [-0.3, -0.25) is 0 Å². The molecule has 0 fully saturated rings. The third kappa shape index (κ3) is 10.7. The van der Waals surface area contributed by atoms with Gasteiger partial charge in [0.2, 0.25) is 0 Å². The summed E-state index contributed by atoms with van der Waals surface area (Å²) in [6.45, 7) is 12.2. The van der Waals surface area contributed by atoms with Crippen LogP contribution in [0.2, 0.25) is 12.5 Å². The molecule has 2 nitrogen and oxygen atoms in total. The predicted octanol–water partition coefficient (Wildman–Crippen LogP) is 3.57. The molecular formula is C15H35InN2. The average molecular weight is 358 g/mol. The van der Waals surface area contributed by atoms with Gasteiger partial charge in [-0.1, -0.05) is 0 Å². The Morgan fingerprint density at radius 1 is 0.833 bits per heavy atom. The molecule has 0 aromatic carbocycles. The molecule has 0 rings (SSSR count). The third-order valence-corrected chi connectivity index (χ3v) is 14.2. The molecule has 0 aromatic rings. The second kappa shape index (κ2) is 12.8. The molecule has 0 aliphatic carbocycles. The third-order valence-electron chi connectivity index (χ3n) is 3.87. The van der Waals surface area contributed by atoms with Gasteiger partial charge in [-0.2, -0.15) is 0 Å². The van der Waals surface area contributed by atoms with Gasteiger partial charge in [-0.05, 0) is 0 Å². The van der Waals surface area contributed by atoms with E-state index in [4.69, 9.17) is 0 Å². The Kier molecular flexibility index (Phi) is 13.4. The summed E-state index contributed by atoms with van der Waals surface area (Å²) in [4.78, 5) is 4.96. The number of nitrogens with zero attached hydrogens (tertiary/aromatic N) is 2. The van der Waals surface area contributed by atoms with Crippen LogP contribution < -0.4 is 0 Å². The fourth-order valence-electron chi connectivity index (χ4n) is 2.60. The van der Waals surface area contributed by atoms with Gasteiger partial charge in [0.15, 0.2) is 0 Å². The molecule has 18 heavy (non-hydrogen) atoms. The van der Waals surface area contributed by atoms with Crippen molar-refractivity contribution >= 4 is 21.4 Å². The van der Waals surface area contributed by atoms with E-state index in [0.717, 1.165) is 0 Å². The fourth-order valence-corrected chi connectivity index (χ4v) is 10.1.